The predicted molar refractivity (Wildman–Crippen MR) is 373 cm³/mol. The Morgan fingerprint density at radius 2 is 0.918 bits per heavy atom. The Labute approximate surface area is 567 Å². The highest BCUT2D eigenvalue weighted by Gasteiger charge is 2.26. The van der Waals surface area contributed by atoms with Crippen LogP contribution in [0.2, 0.25) is 0 Å². The molecule has 20 nitrogen and oxygen atoms in total. The monoisotopic (exact) mass is 1330 g/mol. The minimum absolute atomic E-state index is 0.142. The second-order valence-electron chi connectivity index (χ2n) is 24.1. The number of benzene rings is 6. The number of aliphatic hydroxyl groups excluding tert-OH is 1. The molecule has 0 atom stereocenters. The molecule has 0 unspecified atom stereocenters. The smallest absolute Gasteiger partial charge is 0.251 e. The number of nitrogens with one attached hydrogen (secondary N) is 6. The van der Waals surface area contributed by atoms with E-state index in [9.17, 15) is 37.9 Å². The lowest BCUT2D eigenvalue weighted by Gasteiger charge is -2.26. The first-order valence-corrected chi connectivity index (χ1v) is 33.3. The van der Waals surface area contributed by atoms with E-state index in [2.05, 4.69) is 42.1 Å². The van der Waals surface area contributed by atoms with Gasteiger partial charge in [0, 0.05) is 139 Å². The number of nitrogens with zero attached hydrogens (tertiary/aromatic N) is 6. The third kappa shape index (κ3) is 16.3. The average Bonchev–Trinajstić information content (AvgIpc) is 1.45. The molecule has 12 rings (SSSR count). The first kappa shape index (κ1) is 68.8. The van der Waals surface area contributed by atoms with E-state index in [-0.39, 0.29) is 68.5 Å². The molecule has 10 aromatic rings. The SMILES string of the molecule is CCc1nc2c(cnn2CC)c(NC2CCOCC2)c1CNC(=O)c1cccc(C(=O)NCc2ccc(F)c(-c3cccc(C=O)c3)c2)c1.CCc1nc2c(cnn2CC)c(NC2CCOCC2)c1CNC(=O)c1cccc(C(=O)NCc2ccc(F)c(-c3cccc(CO)c3)c2)c1. The van der Waals surface area contributed by atoms with Gasteiger partial charge < -0.3 is 46.5 Å². The van der Waals surface area contributed by atoms with Crippen LogP contribution in [0.5, 0.6) is 0 Å². The number of carbonyl (C=O) groups excluding carboxylic acids is 5. The van der Waals surface area contributed by atoms with Gasteiger partial charge in [-0.3, -0.25) is 24.0 Å². The zero-order chi connectivity index (χ0) is 68.7. The molecule has 7 N–H and O–H groups in total. The van der Waals surface area contributed by atoms with E-state index in [0.29, 0.717) is 125 Å². The number of aryl methyl sites for hydroxylation is 4. The molecule has 0 saturated carbocycles. The van der Waals surface area contributed by atoms with Crippen molar-refractivity contribution in [2.24, 2.45) is 0 Å². The van der Waals surface area contributed by atoms with Crippen molar-refractivity contribution in [2.45, 2.75) is 124 Å². The van der Waals surface area contributed by atoms with E-state index >= 15 is 0 Å². The fourth-order valence-corrected chi connectivity index (χ4v) is 12.3. The molecule has 2 saturated heterocycles. The van der Waals surface area contributed by atoms with Crippen LogP contribution in [0.15, 0.2) is 146 Å². The number of carbonyl (C=O) groups is 5. The number of rotatable bonds is 24. The first-order valence-electron chi connectivity index (χ1n) is 33.3. The highest BCUT2D eigenvalue weighted by Crippen LogP contribution is 2.34. The molecule has 6 heterocycles. The van der Waals surface area contributed by atoms with E-state index in [4.69, 9.17) is 19.4 Å². The normalized spacial score (nSPS) is 13.3. The quantitative estimate of drug-likeness (QED) is 0.0278. The molecule has 6 aromatic carbocycles. The highest BCUT2D eigenvalue weighted by atomic mass is 19.1. The Morgan fingerprint density at radius 1 is 0.510 bits per heavy atom. The zero-order valence-corrected chi connectivity index (χ0v) is 55.4. The van der Waals surface area contributed by atoms with Crippen molar-refractivity contribution in [3.63, 3.8) is 0 Å². The number of aldehydes is 1. The fourth-order valence-electron chi connectivity index (χ4n) is 12.3. The molecular weight excluding hydrogens is 1250 g/mol. The summed E-state index contributed by atoms with van der Waals surface area (Å²) in [6.45, 7) is 13.0. The number of pyridine rings is 2. The van der Waals surface area contributed by atoms with Gasteiger partial charge in [0.25, 0.3) is 23.6 Å². The summed E-state index contributed by atoms with van der Waals surface area (Å²) in [6.07, 6.45) is 9.26. The summed E-state index contributed by atoms with van der Waals surface area (Å²) in [4.78, 5) is 74.4. The Balaban J connectivity index is 0.000000198. The fraction of sp³-hybridized carbons (Fsp3) is 0.303. The topological polar surface area (TPSA) is 258 Å². The molecule has 4 aromatic heterocycles. The molecule has 0 aliphatic carbocycles. The average molecular weight is 1330 g/mol. The van der Waals surface area contributed by atoms with Gasteiger partial charge >= 0.3 is 0 Å². The first-order chi connectivity index (χ1) is 47.8. The van der Waals surface area contributed by atoms with Crippen molar-refractivity contribution in [2.75, 3.05) is 37.1 Å². The molecule has 22 heteroatoms. The van der Waals surface area contributed by atoms with Gasteiger partial charge in [0.1, 0.15) is 17.9 Å². The van der Waals surface area contributed by atoms with Crippen LogP contribution in [0, 0.1) is 11.6 Å². The van der Waals surface area contributed by atoms with Crippen molar-refractivity contribution in [3.05, 3.63) is 225 Å². The lowest BCUT2D eigenvalue weighted by molar-refractivity contribution is 0.0903. The van der Waals surface area contributed by atoms with Crippen LogP contribution in [0.25, 0.3) is 44.3 Å². The molecule has 2 fully saturated rings. The number of fused-ring (bicyclic) bond motifs is 2. The van der Waals surface area contributed by atoms with Crippen LogP contribution in [0.3, 0.4) is 0 Å². The Bertz CT molecular complexity index is 4540. The third-order valence-electron chi connectivity index (χ3n) is 17.7. The van der Waals surface area contributed by atoms with Crippen molar-refractivity contribution in [1.82, 2.24) is 50.8 Å². The maximum Gasteiger partial charge on any atom is 0.251 e. The van der Waals surface area contributed by atoms with Crippen LogP contribution in [-0.4, -0.2) is 103 Å². The van der Waals surface area contributed by atoms with Gasteiger partial charge in [-0.1, -0.05) is 74.5 Å². The predicted octanol–water partition coefficient (Wildman–Crippen LogP) is 11.8. The van der Waals surface area contributed by atoms with Crippen LogP contribution < -0.4 is 31.9 Å². The number of hydrogen-bond donors (Lipinski definition) is 7. The summed E-state index contributed by atoms with van der Waals surface area (Å²) >= 11 is 0. The number of aliphatic hydroxyl groups is 1. The van der Waals surface area contributed by atoms with Crippen LogP contribution in [0.1, 0.15) is 144 Å². The van der Waals surface area contributed by atoms with Gasteiger partial charge in [0.05, 0.1) is 41.1 Å². The molecule has 2 aliphatic rings. The zero-order valence-electron chi connectivity index (χ0n) is 55.4. The maximum atomic E-state index is 14.7. The van der Waals surface area contributed by atoms with E-state index in [1.165, 1.54) is 12.1 Å². The Kier molecular flexibility index (Phi) is 22.8. The third-order valence-corrected chi connectivity index (χ3v) is 17.7. The molecular formula is C76H80F2N12O8. The number of ether oxygens (including phenoxy) is 2. The maximum absolute atomic E-state index is 14.7. The molecule has 0 radical (unpaired) electrons. The van der Waals surface area contributed by atoms with Crippen LogP contribution in [-0.2, 0) is 68.2 Å². The van der Waals surface area contributed by atoms with Crippen molar-refractivity contribution in [1.29, 1.82) is 0 Å². The number of hydrogen-bond acceptors (Lipinski definition) is 14. The van der Waals surface area contributed by atoms with Crippen LogP contribution in [0.4, 0.5) is 20.2 Å². The minimum Gasteiger partial charge on any atom is -0.392 e. The number of amides is 4. The van der Waals surface area contributed by atoms with Gasteiger partial charge in [0.15, 0.2) is 11.3 Å². The number of aromatic nitrogens is 6. The molecule has 4 amide bonds. The molecule has 0 spiro atoms. The lowest BCUT2D eigenvalue weighted by Crippen LogP contribution is -2.30. The summed E-state index contributed by atoms with van der Waals surface area (Å²) in [5.41, 5.74) is 12.9. The summed E-state index contributed by atoms with van der Waals surface area (Å²) in [7, 11) is 0. The molecule has 98 heavy (non-hydrogen) atoms. The lowest BCUT2D eigenvalue weighted by atomic mass is 10.0. The van der Waals surface area contributed by atoms with Gasteiger partial charge in [0.2, 0.25) is 0 Å². The molecule has 0 bridgehead atoms. The summed E-state index contributed by atoms with van der Waals surface area (Å²) in [6, 6.07) is 36.6. The largest absolute Gasteiger partial charge is 0.392 e. The summed E-state index contributed by atoms with van der Waals surface area (Å²) in [5, 5.41) is 39.7. The van der Waals surface area contributed by atoms with Crippen molar-refractivity contribution in [3.8, 4) is 22.3 Å². The van der Waals surface area contributed by atoms with E-state index in [1.54, 1.807) is 121 Å². The van der Waals surface area contributed by atoms with Gasteiger partial charge in [-0.15, -0.1) is 0 Å². The van der Waals surface area contributed by atoms with Crippen molar-refractivity contribution < 1.29 is 47.3 Å². The molecule has 506 valence electrons. The standard InChI is InChI=1S/C38H41FN6O4.C38H39FN6O4/c2*1-3-34-31(35(43-29-13-15-49-16-14-29)32-22-42-45(4-2)36(32)44-34)21-41-38(48)28-10-6-9-27(19-28)37(47)40-20-24-11-12-33(39)30(18-24)26-8-5-7-25(17-26)23-46/h5-12,17-19,22,29,46H,3-4,13-16,20-21,23H2,1-2H3,(H,40,47)(H,41,48)(H,43,44);5-12,17-19,22-23,29H,3-4,13-16,20-21H2,1-2H3,(H,40,47)(H,41,48)(H,43,44). The second-order valence-corrected chi connectivity index (χ2v) is 24.1. The number of halogens is 2. The highest BCUT2D eigenvalue weighted by molar-refractivity contribution is 6.01. The van der Waals surface area contributed by atoms with E-state index in [1.807, 2.05) is 49.5 Å². The van der Waals surface area contributed by atoms with E-state index < -0.39 is 11.6 Å². The number of anilines is 2. The minimum atomic E-state index is -0.430. The Hall–Kier alpha value is -10.6. The Morgan fingerprint density at radius 3 is 1.33 bits per heavy atom. The summed E-state index contributed by atoms with van der Waals surface area (Å²) < 4.78 is 44.3. The van der Waals surface area contributed by atoms with Gasteiger partial charge in [-0.05, 0) is 153 Å². The van der Waals surface area contributed by atoms with Crippen molar-refractivity contribution >= 4 is 63.4 Å². The molecule has 2 aliphatic heterocycles. The summed E-state index contributed by atoms with van der Waals surface area (Å²) in [5.74, 6) is -2.19. The van der Waals surface area contributed by atoms with E-state index in [0.717, 1.165) is 81.6 Å². The van der Waals surface area contributed by atoms with Crippen LogP contribution >= 0.6 is 0 Å². The van der Waals surface area contributed by atoms with Gasteiger partial charge in [-0.25, -0.2) is 28.1 Å². The van der Waals surface area contributed by atoms with Gasteiger partial charge in [-0.2, -0.15) is 10.2 Å². The second kappa shape index (κ2) is 32.5.